The van der Waals surface area contributed by atoms with Crippen molar-refractivity contribution >= 4 is 21.8 Å². The largest absolute Gasteiger partial charge is 0.493 e. The summed E-state index contributed by atoms with van der Waals surface area (Å²) in [4.78, 5) is 0. The smallest absolute Gasteiger partial charge is 0.173 e. The summed E-state index contributed by atoms with van der Waals surface area (Å²) in [5, 5.41) is 11.8. The van der Waals surface area contributed by atoms with E-state index in [4.69, 9.17) is 15.7 Å². The van der Waals surface area contributed by atoms with Gasteiger partial charge in [-0.15, -0.1) is 0 Å². The minimum Gasteiger partial charge on any atom is -0.493 e. The Morgan fingerprint density at radius 3 is 2.74 bits per heavy atom. The summed E-state index contributed by atoms with van der Waals surface area (Å²) in [6, 6.07) is 5.44. The first-order valence-corrected chi connectivity index (χ1v) is 7.38. The highest BCUT2D eigenvalue weighted by Crippen LogP contribution is 2.24. The van der Waals surface area contributed by atoms with Crippen LogP contribution < -0.4 is 10.5 Å². The van der Waals surface area contributed by atoms with Crippen LogP contribution in [0.5, 0.6) is 5.75 Å². The van der Waals surface area contributed by atoms with Crippen molar-refractivity contribution < 1.29 is 9.94 Å². The van der Waals surface area contributed by atoms with E-state index < -0.39 is 0 Å². The molecule has 0 aromatic heterocycles. The van der Waals surface area contributed by atoms with Crippen molar-refractivity contribution in [2.24, 2.45) is 10.9 Å². The van der Waals surface area contributed by atoms with Gasteiger partial charge in [0.1, 0.15) is 5.75 Å². The van der Waals surface area contributed by atoms with Crippen molar-refractivity contribution in [2.45, 2.75) is 39.0 Å². The summed E-state index contributed by atoms with van der Waals surface area (Å²) in [7, 11) is 0. The van der Waals surface area contributed by atoms with E-state index in [2.05, 4.69) is 28.0 Å². The van der Waals surface area contributed by atoms with Gasteiger partial charge in [-0.3, -0.25) is 0 Å². The number of nitrogens with two attached hydrogens (primary N) is 1. The maximum Gasteiger partial charge on any atom is 0.173 e. The van der Waals surface area contributed by atoms with Crippen molar-refractivity contribution in [3.8, 4) is 5.75 Å². The van der Waals surface area contributed by atoms with E-state index in [0.717, 1.165) is 10.9 Å². The predicted octanol–water partition coefficient (Wildman–Crippen LogP) is 3.89. The highest BCUT2D eigenvalue weighted by atomic mass is 79.9. The molecular formula is C14H21BrN2O2. The van der Waals surface area contributed by atoms with Crippen LogP contribution in [-0.4, -0.2) is 17.6 Å². The minimum absolute atomic E-state index is 0.0634. The number of hydrogen-bond acceptors (Lipinski definition) is 3. The van der Waals surface area contributed by atoms with E-state index in [9.17, 15) is 0 Å². The van der Waals surface area contributed by atoms with E-state index in [0.29, 0.717) is 17.9 Å². The molecule has 0 aliphatic heterocycles. The number of amidine groups is 1. The first-order chi connectivity index (χ1) is 9.19. The molecule has 1 rings (SSSR count). The molecule has 0 bridgehead atoms. The van der Waals surface area contributed by atoms with Crippen molar-refractivity contribution in [3.63, 3.8) is 0 Å². The third-order valence-electron chi connectivity index (χ3n) is 2.83. The zero-order valence-electron chi connectivity index (χ0n) is 11.2. The van der Waals surface area contributed by atoms with Crippen LogP contribution in [-0.2, 0) is 0 Å². The van der Waals surface area contributed by atoms with Crippen molar-refractivity contribution in [1.82, 2.24) is 0 Å². The van der Waals surface area contributed by atoms with E-state index >= 15 is 0 Å². The number of oxime groups is 1. The van der Waals surface area contributed by atoms with Crippen LogP contribution in [0, 0.1) is 0 Å². The molecule has 1 aromatic rings. The van der Waals surface area contributed by atoms with Crippen molar-refractivity contribution in [2.75, 3.05) is 6.61 Å². The standard InChI is InChI=1S/C14H21BrN2O2/c1-2-3-4-5-6-9-19-13-10-11(15)7-8-12(13)14(16)17-18/h7-8,10,18H,2-6,9H2,1H3,(H2,16,17). The fourth-order valence-electron chi connectivity index (χ4n) is 1.77. The topological polar surface area (TPSA) is 67.8 Å². The number of halogens is 1. The molecular weight excluding hydrogens is 308 g/mol. The monoisotopic (exact) mass is 328 g/mol. The Labute approximate surface area is 122 Å². The van der Waals surface area contributed by atoms with Crippen LogP contribution in [0.1, 0.15) is 44.6 Å². The SMILES string of the molecule is CCCCCCCOc1cc(Br)ccc1/C(N)=N/O. The molecule has 0 aliphatic rings. The van der Waals surface area contributed by atoms with E-state index in [1.807, 2.05) is 12.1 Å². The lowest BCUT2D eigenvalue weighted by atomic mass is 10.1. The number of unbranched alkanes of at least 4 members (excludes halogenated alkanes) is 4. The lowest BCUT2D eigenvalue weighted by Crippen LogP contribution is -2.15. The van der Waals surface area contributed by atoms with Crippen LogP contribution in [0.4, 0.5) is 0 Å². The van der Waals surface area contributed by atoms with E-state index in [1.54, 1.807) is 6.07 Å². The van der Waals surface area contributed by atoms with Crippen LogP contribution in [0.2, 0.25) is 0 Å². The molecule has 0 saturated heterocycles. The van der Waals surface area contributed by atoms with Gasteiger partial charge in [-0.05, 0) is 24.6 Å². The Kier molecular flexibility index (Phi) is 7.33. The number of nitrogens with zero attached hydrogens (tertiary/aromatic N) is 1. The molecule has 0 spiro atoms. The molecule has 0 saturated carbocycles. The quantitative estimate of drug-likeness (QED) is 0.250. The highest BCUT2D eigenvalue weighted by Gasteiger charge is 2.08. The Morgan fingerprint density at radius 2 is 2.05 bits per heavy atom. The summed E-state index contributed by atoms with van der Waals surface area (Å²) in [6.45, 7) is 2.84. The van der Waals surface area contributed by atoms with Gasteiger partial charge in [0, 0.05) is 4.47 Å². The summed E-state index contributed by atoms with van der Waals surface area (Å²) in [6.07, 6.45) is 5.93. The number of benzene rings is 1. The van der Waals surface area contributed by atoms with Crippen LogP contribution in [0.25, 0.3) is 0 Å². The van der Waals surface area contributed by atoms with Gasteiger partial charge < -0.3 is 15.7 Å². The van der Waals surface area contributed by atoms with Crippen LogP contribution in [0.3, 0.4) is 0 Å². The second-order valence-corrected chi connectivity index (χ2v) is 5.30. The maximum atomic E-state index is 8.75. The molecule has 0 atom stereocenters. The molecule has 0 aliphatic carbocycles. The molecule has 0 fully saturated rings. The van der Waals surface area contributed by atoms with E-state index in [-0.39, 0.29) is 5.84 Å². The van der Waals surface area contributed by atoms with E-state index in [1.165, 1.54) is 25.7 Å². The first-order valence-electron chi connectivity index (χ1n) is 6.59. The third-order valence-corrected chi connectivity index (χ3v) is 3.33. The molecule has 4 nitrogen and oxygen atoms in total. The zero-order chi connectivity index (χ0) is 14.1. The minimum atomic E-state index is 0.0634. The Balaban J connectivity index is 2.54. The Hall–Kier alpha value is -1.23. The summed E-state index contributed by atoms with van der Waals surface area (Å²) >= 11 is 3.39. The van der Waals surface area contributed by atoms with Gasteiger partial charge in [0.15, 0.2) is 5.84 Å². The lowest BCUT2D eigenvalue weighted by Gasteiger charge is -2.11. The van der Waals surface area contributed by atoms with Crippen LogP contribution in [0.15, 0.2) is 27.8 Å². The molecule has 106 valence electrons. The maximum absolute atomic E-state index is 8.75. The fourth-order valence-corrected chi connectivity index (χ4v) is 2.11. The molecule has 5 heteroatoms. The molecule has 1 aromatic carbocycles. The third kappa shape index (κ3) is 5.51. The molecule has 0 unspecified atom stereocenters. The van der Waals surface area contributed by atoms with Crippen molar-refractivity contribution in [3.05, 3.63) is 28.2 Å². The normalized spacial score (nSPS) is 11.6. The number of rotatable bonds is 8. The van der Waals surface area contributed by atoms with Gasteiger partial charge >= 0.3 is 0 Å². The average Bonchev–Trinajstić information content (AvgIpc) is 2.42. The van der Waals surface area contributed by atoms with Crippen molar-refractivity contribution in [1.29, 1.82) is 0 Å². The first kappa shape index (κ1) is 15.8. The zero-order valence-corrected chi connectivity index (χ0v) is 12.8. The molecule has 19 heavy (non-hydrogen) atoms. The average molecular weight is 329 g/mol. The summed E-state index contributed by atoms with van der Waals surface area (Å²) < 4.78 is 6.62. The lowest BCUT2D eigenvalue weighted by molar-refractivity contribution is 0.302. The predicted molar refractivity (Wildman–Crippen MR) is 80.9 cm³/mol. The number of ether oxygens (including phenoxy) is 1. The summed E-state index contributed by atoms with van der Waals surface area (Å²) in [5.41, 5.74) is 6.23. The number of hydrogen-bond donors (Lipinski definition) is 2. The Morgan fingerprint density at radius 1 is 1.32 bits per heavy atom. The van der Waals surface area contributed by atoms with Crippen LogP contribution >= 0.6 is 15.9 Å². The van der Waals surface area contributed by atoms with Gasteiger partial charge in [-0.25, -0.2) is 0 Å². The van der Waals surface area contributed by atoms with Gasteiger partial charge in [-0.1, -0.05) is 53.7 Å². The Bertz CT molecular complexity index is 422. The summed E-state index contributed by atoms with van der Waals surface area (Å²) in [5.74, 6) is 0.702. The van der Waals surface area contributed by atoms with Gasteiger partial charge in [-0.2, -0.15) is 0 Å². The van der Waals surface area contributed by atoms with Gasteiger partial charge in [0.05, 0.1) is 12.2 Å². The molecule has 0 heterocycles. The fraction of sp³-hybridized carbons (Fsp3) is 0.500. The molecule has 0 amide bonds. The van der Waals surface area contributed by atoms with Gasteiger partial charge in [0.2, 0.25) is 0 Å². The molecule has 3 N–H and O–H groups in total. The highest BCUT2D eigenvalue weighted by molar-refractivity contribution is 9.10. The molecule has 0 radical (unpaired) electrons. The second-order valence-electron chi connectivity index (χ2n) is 4.39. The van der Waals surface area contributed by atoms with Gasteiger partial charge in [0.25, 0.3) is 0 Å². The second kappa shape index (κ2) is 8.80.